The van der Waals surface area contributed by atoms with Gasteiger partial charge in [0.05, 0.1) is 0 Å². The molecule has 196 valence electrons. The Morgan fingerprint density at radius 1 is 0.550 bits per heavy atom. The zero-order valence-electron chi connectivity index (χ0n) is 23.1. The zero-order chi connectivity index (χ0) is 28.5. The summed E-state index contributed by atoms with van der Waals surface area (Å²) in [6.45, 7) is 19.7. The number of rotatable bonds is 10. The summed E-state index contributed by atoms with van der Waals surface area (Å²) in [6.07, 6.45) is 13.5. The Hall–Kier alpha value is -5.15. The molecular weight excluding hydrogens is 486 g/mol. The highest BCUT2D eigenvalue weighted by Crippen LogP contribution is 2.28. The molecule has 3 heteroatoms. The fourth-order valence-corrected chi connectivity index (χ4v) is 4.22. The number of hydrogen-bond acceptors (Lipinski definition) is 3. The molecule has 0 bridgehead atoms. The van der Waals surface area contributed by atoms with Gasteiger partial charge in [-0.2, -0.15) is 0 Å². The van der Waals surface area contributed by atoms with Gasteiger partial charge in [0, 0.05) is 16.7 Å². The molecule has 0 aliphatic carbocycles. The van der Waals surface area contributed by atoms with Crippen molar-refractivity contribution in [1.29, 1.82) is 0 Å². The summed E-state index contributed by atoms with van der Waals surface area (Å²) in [6, 6.07) is 24.4. The summed E-state index contributed by atoms with van der Waals surface area (Å²) in [4.78, 5) is 14.6. The molecule has 0 aliphatic heterocycles. The second-order valence-corrected chi connectivity index (χ2v) is 9.07. The largest absolute Gasteiger partial charge is 0.208 e. The Morgan fingerprint density at radius 3 is 1.30 bits per heavy atom. The Bertz CT molecular complexity index is 1630. The summed E-state index contributed by atoms with van der Waals surface area (Å²) in [7, 11) is 0. The molecule has 0 spiro atoms. The highest BCUT2D eigenvalue weighted by atomic mass is 15.0. The molecule has 0 saturated carbocycles. The fraction of sp³-hybridized carbons (Fsp3) is 0.0541. The number of benzene rings is 3. The van der Waals surface area contributed by atoms with Crippen molar-refractivity contribution < 1.29 is 0 Å². The van der Waals surface area contributed by atoms with Crippen molar-refractivity contribution in [3.8, 4) is 34.2 Å². The third kappa shape index (κ3) is 6.28. The first-order chi connectivity index (χ1) is 19.5. The lowest BCUT2D eigenvalue weighted by Gasteiger charge is -2.10. The maximum absolute atomic E-state index is 4.89. The molecule has 0 amide bonds. The molecule has 0 atom stereocenters. The molecule has 0 aliphatic rings. The van der Waals surface area contributed by atoms with Gasteiger partial charge in [0.1, 0.15) is 0 Å². The van der Waals surface area contributed by atoms with E-state index in [0.717, 1.165) is 50.1 Å². The van der Waals surface area contributed by atoms with Crippen LogP contribution in [0, 0.1) is 0 Å². The molecule has 3 nitrogen and oxygen atoms in total. The lowest BCUT2D eigenvalue weighted by molar-refractivity contribution is 1.07. The first kappa shape index (κ1) is 27.9. The highest BCUT2D eigenvalue weighted by molar-refractivity contribution is 5.78. The normalized spacial score (nSPS) is 11.8. The molecule has 0 unspecified atom stereocenters. The molecule has 4 rings (SSSR count). The Morgan fingerprint density at radius 2 is 0.950 bits per heavy atom. The standard InChI is InChI=1S/C37H33N3/c1-7-12-13-28(11-5)31-18-24-34(25-19-31)37-39-35(32-20-14-29(15-21-32)26(6)8-2)38-36(40-37)33-22-16-30(17-23-33)27(9-3)10-4/h7-25H,2-3,5-6H2,1,4H3/b12-7-,27-10+,28-13+. The number of allylic oxidation sites excluding steroid dienone is 10. The van der Waals surface area contributed by atoms with Crippen LogP contribution in [0.4, 0.5) is 0 Å². The summed E-state index contributed by atoms with van der Waals surface area (Å²) in [5.41, 5.74) is 8.86. The molecule has 1 aromatic heterocycles. The van der Waals surface area contributed by atoms with Crippen LogP contribution in [0.2, 0.25) is 0 Å². The van der Waals surface area contributed by atoms with E-state index in [1.54, 1.807) is 6.08 Å². The summed E-state index contributed by atoms with van der Waals surface area (Å²) in [5, 5.41) is 0. The zero-order valence-corrected chi connectivity index (χ0v) is 23.1. The van der Waals surface area contributed by atoms with E-state index in [2.05, 4.69) is 50.6 Å². The van der Waals surface area contributed by atoms with E-state index in [9.17, 15) is 0 Å². The number of aromatic nitrogens is 3. The van der Waals surface area contributed by atoms with Crippen LogP contribution in [0.5, 0.6) is 0 Å². The molecule has 4 aromatic rings. The van der Waals surface area contributed by atoms with Crippen molar-refractivity contribution in [2.75, 3.05) is 0 Å². The second-order valence-electron chi connectivity index (χ2n) is 9.07. The van der Waals surface area contributed by atoms with Gasteiger partial charge in [-0.3, -0.25) is 0 Å². The van der Waals surface area contributed by atoms with Crippen molar-refractivity contribution in [3.63, 3.8) is 0 Å². The van der Waals surface area contributed by atoms with Gasteiger partial charge in [0.15, 0.2) is 17.5 Å². The van der Waals surface area contributed by atoms with E-state index in [1.165, 1.54) is 0 Å². The quantitative estimate of drug-likeness (QED) is 0.196. The maximum atomic E-state index is 4.89. The van der Waals surface area contributed by atoms with Gasteiger partial charge >= 0.3 is 0 Å². The average Bonchev–Trinajstić information content (AvgIpc) is 3.02. The van der Waals surface area contributed by atoms with Gasteiger partial charge in [0.25, 0.3) is 0 Å². The lowest BCUT2D eigenvalue weighted by Crippen LogP contribution is -2.00. The third-order valence-corrected chi connectivity index (χ3v) is 6.57. The third-order valence-electron chi connectivity index (χ3n) is 6.57. The Kier molecular flexibility index (Phi) is 9.11. The van der Waals surface area contributed by atoms with Crippen molar-refractivity contribution in [3.05, 3.63) is 158 Å². The van der Waals surface area contributed by atoms with E-state index in [4.69, 9.17) is 15.0 Å². The van der Waals surface area contributed by atoms with Gasteiger partial charge in [0.2, 0.25) is 0 Å². The lowest BCUT2D eigenvalue weighted by atomic mass is 10.0. The summed E-state index contributed by atoms with van der Waals surface area (Å²) >= 11 is 0. The van der Waals surface area contributed by atoms with E-state index < -0.39 is 0 Å². The van der Waals surface area contributed by atoms with Gasteiger partial charge in [-0.1, -0.05) is 142 Å². The molecule has 3 aromatic carbocycles. The molecule has 0 fully saturated rings. The van der Waals surface area contributed by atoms with E-state index in [-0.39, 0.29) is 0 Å². The molecule has 0 radical (unpaired) electrons. The van der Waals surface area contributed by atoms with E-state index >= 15 is 0 Å². The Balaban J connectivity index is 1.81. The monoisotopic (exact) mass is 519 g/mol. The minimum absolute atomic E-state index is 0.601. The number of nitrogens with zero attached hydrogens (tertiary/aromatic N) is 3. The smallest absolute Gasteiger partial charge is 0.164 e. The van der Waals surface area contributed by atoms with E-state index in [0.29, 0.717) is 17.5 Å². The molecule has 0 N–H and O–H groups in total. The van der Waals surface area contributed by atoms with Crippen LogP contribution >= 0.6 is 0 Å². The molecule has 40 heavy (non-hydrogen) atoms. The van der Waals surface area contributed by atoms with Crippen LogP contribution in [0.25, 0.3) is 50.9 Å². The van der Waals surface area contributed by atoms with Crippen LogP contribution in [0.1, 0.15) is 30.5 Å². The molecule has 0 saturated heterocycles. The predicted octanol–water partition coefficient (Wildman–Crippen LogP) is 9.81. The first-order valence-electron chi connectivity index (χ1n) is 13.1. The fourth-order valence-electron chi connectivity index (χ4n) is 4.22. The average molecular weight is 520 g/mol. The predicted molar refractivity (Wildman–Crippen MR) is 172 cm³/mol. The SMILES string of the molecule is C=CC(=C)c1ccc(-c2nc(-c3ccc(/C(C=C)=C/C)cc3)nc(-c3ccc(/C(C=C)=C/C=C\C)cc3)n2)cc1. The van der Waals surface area contributed by atoms with Gasteiger partial charge in [-0.25, -0.2) is 15.0 Å². The van der Waals surface area contributed by atoms with Crippen molar-refractivity contribution in [2.45, 2.75) is 13.8 Å². The summed E-state index contributed by atoms with van der Waals surface area (Å²) < 4.78 is 0. The summed E-state index contributed by atoms with van der Waals surface area (Å²) in [5.74, 6) is 1.81. The second kappa shape index (κ2) is 13.1. The van der Waals surface area contributed by atoms with E-state index in [1.807, 2.05) is 98.8 Å². The van der Waals surface area contributed by atoms with Crippen LogP contribution in [-0.4, -0.2) is 15.0 Å². The Labute approximate surface area is 237 Å². The topological polar surface area (TPSA) is 38.7 Å². The first-order valence-corrected chi connectivity index (χ1v) is 13.1. The van der Waals surface area contributed by atoms with Crippen LogP contribution in [0.3, 0.4) is 0 Å². The minimum atomic E-state index is 0.601. The van der Waals surface area contributed by atoms with Crippen molar-refractivity contribution >= 4 is 16.7 Å². The van der Waals surface area contributed by atoms with Crippen LogP contribution in [-0.2, 0) is 0 Å². The van der Waals surface area contributed by atoms with Crippen molar-refractivity contribution in [1.82, 2.24) is 15.0 Å². The molecular formula is C37H33N3. The van der Waals surface area contributed by atoms with Crippen LogP contribution < -0.4 is 0 Å². The maximum Gasteiger partial charge on any atom is 0.164 e. The van der Waals surface area contributed by atoms with Gasteiger partial charge in [-0.05, 0) is 47.3 Å². The van der Waals surface area contributed by atoms with Crippen LogP contribution in [0.15, 0.2) is 142 Å². The van der Waals surface area contributed by atoms with Gasteiger partial charge < -0.3 is 0 Å². The minimum Gasteiger partial charge on any atom is -0.208 e. The molecule has 1 heterocycles. The van der Waals surface area contributed by atoms with Gasteiger partial charge in [-0.15, -0.1) is 0 Å². The number of hydrogen-bond donors (Lipinski definition) is 0. The highest BCUT2D eigenvalue weighted by Gasteiger charge is 2.13. The van der Waals surface area contributed by atoms with Crippen molar-refractivity contribution in [2.24, 2.45) is 0 Å².